The third-order valence-electron chi connectivity index (χ3n) is 5.66. The lowest BCUT2D eigenvalue weighted by Crippen LogP contribution is -2.51. The van der Waals surface area contributed by atoms with Gasteiger partial charge in [-0.2, -0.15) is 0 Å². The third kappa shape index (κ3) is 3.58. The molecule has 0 atom stereocenters. The van der Waals surface area contributed by atoms with Crippen molar-refractivity contribution in [2.24, 2.45) is 0 Å². The second-order valence-corrected chi connectivity index (χ2v) is 10.4. The Bertz CT molecular complexity index is 995. The molecule has 0 radical (unpaired) electrons. The average molecular weight is 420 g/mol. The van der Waals surface area contributed by atoms with Crippen molar-refractivity contribution >= 4 is 27.3 Å². The van der Waals surface area contributed by atoms with E-state index in [0.717, 1.165) is 24.0 Å². The molecule has 0 aliphatic heterocycles. The van der Waals surface area contributed by atoms with E-state index in [4.69, 9.17) is 11.6 Å². The molecule has 0 saturated heterocycles. The maximum absolute atomic E-state index is 13.7. The van der Waals surface area contributed by atoms with Gasteiger partial charge in [0.25, 0.3) is 0 Å². The smallest absolute Gasteiger partial charge is 0.244 e. The van der Waals surface area contributed by atoms with Crippen LogP contribution < -0.4 is 0 Å². The summed E-state index contributed by atoms with van der Waals surface area (Å²) in [4.78, 5) is 15.3. The van der Waals surface area contributed by atoms with Crippen LogP contribution in [-0.2, 0) is 21.2 Å². The molecule has 1 fully saturated rings. The molecule has 3 rings (SSSR count). The number of hydrogen-bond donors (Lipinski definition) is 0. The summed E-state index contributed by atoms with van der Waals surface area (Å²) < 4.78 is 26.0. The van der Waals surface area contributed by atoms with Crippen molar-refractivity contribution in [3.05, 3.63) is 64.2 Å². The van der Waals surface area contributed by atoms with Gasteiger partial charge in [0.1, 0.15) is 0 Å². The zero-order valence-corrected chi connectivity index (χ0v) is 18.1. The fraction of sp³-hybridized carbons (Fsp3) is 0.409. The van der Waals surface area contributed by atoms with Crippen LogP contribution >= 0.6 is 11.6 Å². The Balaban J connectivity index is 2.00. The molecule has 0 heterocycles. The first-order chi connectivity index (χ1) is 13.2. The highest BCUT2D eigenvalue weighted by Crippen LogP contribution is 2.43. The molecule has 1 aliphatic rings. The quantitative estimate of drug-likeness (QED) is 0.705. The largest absolute Gasteiger partial charge is 0.340 e. The molecule has 1 saturated carbocycles. The minimum Gasteiger partial charge on any atom is -0.340 e. The second kappa shape index (κ2) is 7.88. The van der Waals surface area contributed by atoms with E-state index >= 15 is 0 Å². The van der Waals surface area contributed by atoms with Crippen molar-refractivity contribution < 1.29 is 13.2 Å². The van der Waals surface area contributed by atoms with Crippen LogP contribution in [-0.4, -0.2) is 31.0 Å². The zero-order valence-electron chi connectivity index (χ0n) is 16.5. The molecule has 0 unspecified atom stereocenters. The molecule has 2 aromatic rings. The SMILES string of the molecule is Cc1ccc(C)c(S(=O)(=O)C2(C(=O)N(C)Cc3ccccc3Cl)CCCC2)c1. The topological polar surface area (TPSA) is 54.5 Å². The highest BCUT2D eigenvalue weighted by molar-refractivity contribution is 7.93. The molecule has 6 heteroatoms. The second-order valence-electron chi connectivity index (χ2n) is 7.73. The van der Waals surface area contributed by atoms with Crippen molar-refractivity contribution in [1.82, 2.24) is 4.90 Å². The van der Waals surface area contributed by atoms with Gasteiger partial charge in [0, 0.05) is 18.6 Å². The molecule has 0 aromatic heterocycles. The number of hydrogen-bond acceptors (Lipinski definition) is 3. The monoisotopic (exact) mass is 419 g/mol. The number of rotatable bonds is 5. The summed E-state index contributed by atoms with van der Waals surface area (Å²) >= 11 is 6.24. The summed E-state index contributed by atoms with van der Waals surface area (Å²) in [5.74, 6) is -0.342. The molecule has 0 spiro atoms. The van der Waals surface area contributed by atoms with Gasteiger partial charge < -0.3 is 4.90 Å². The summed E-state index contributed by atoms with van der Waals surface area (Å²) in [6.45, 7) is 3.93. The number of aryl methyl sites for hydroxylation is 2. The van der Waals surface area contributed by atoms with Gasteiger partial charge in [-0.05, 0) is 55.5 Å². The minimum atomic E-state index is -3.82. The average Bonchev–Trinajstić information content (AvgIpc) is 3.16. The number of sulfone groups is 1. The Morgan fingerprint density at radius 2 is 1.75 bits per heavy atom. The van der Waals surface area contributed by atoms with Crippen LogP contribution in [0.5, 0.6) is 0 Å². The standard InChI is InChI=1S/C22H26ClNO3S/c1-16-10-11-17(2)20(14-16)28(26,27)22(12-6-7-13-22)21(25)24(3)15-18-8-4-5-9-19(18)23/h4-5,8-11,14H,6-7,12-13,15H2,1-3H3. The van der Waals surface area contributed by atoms with Crippen molar-refractivity contribution in [2.75, 3.05) is 7.05 Å². The third-order valence-corrected chi connectivity index (χ3v) is 8.66. The van der Waals surface area contributed by atoms with E-state index in [1.807, 2.05) is 37.3 Å². The molecular formula is C22H26ClNO3S. The summed E-state index contributed by atoms with van der Waals surface area (Å²) in [5, 5.41) is 0.569. The summed E-state index contributed by atoms with van der Waals surface area (Å²) in [5.41, 5.74) is 2.35. The van der Waals surface area contributed by atoms with Gasteiger partial charge in [-0.3, -0.25) is 4.79 Å². The van der Waals surface area contributed by atoms with Crippen molar-refractivity contribution in [3.8, 4) is 0 Å². The van der Waals surface area contributed by atoms with Crippen LogP contribution in [0.3, 0.4) is 0 Å². The maximum atomic E-state index is 13.7. The number of carbonyl (C=O) groups is 1. The lowest BCUT2D eigenvalue weighted by atomic mass is 10.1. The van der Waals surface area contributed by atoms with Crippen molar-refractivity contribution in [1.29, 1.82) is 0 Å². The maximum Gasteiger partial charge on any atom is 0.244 e. The lowest BCUT2D eigenvalue weighted by molar-refractivity contribution is -0.133. The van der Waals surface area contributed by atoms with E-state index in [9.17, 15) is 13.2 Å². The summed E-state index contributed by atoms with van der Waals surface area (Å²) in [6.07, 6.45) is 2.17. The van der Waals surface area contributed by atoms with E-state index in [0.29, 0.717) is 23.4 Å². The molecule has 150 valence electrons. The van der Waals surface area contributed by atoms with E-state index in [2.05, 4.69) is 0 Å². The Labute approximate surface area is 172 Å². The van der Waals surface area contributed by atoms with Gasteiger partial charge in [-0.15, -0.1) is 0 Å². The van der Waals surface area contributed by atoms with Crippen LogP contribution in [0.25, 0.3) is 0 Å². The predicted molar refractivity (Wildman–Crippen MR) is 112 cm³/mol. The Morgan fingerprint density at radius 3 is 2.39 bits per heavy atom. The van der Waals surface area contributed by atoms with Crippen molar-refractivity contribution in [2.45, 2.75) is 55.7 Å². The van der Waals surface area contributed by atoms with E-state index in [1.165, 1.54) is 4.90 Å². The fourth-order valence-electron chi connectivity index (χ4n) is 4.05. The van der Waals surface area contributed by atoms with E-state index in [-0.39, 0.29) is 17.3 Å². The summed E-state index contributed by atoms with van der Waals surface area (Å²) in [6, 6.07) is 12.7. The lowest BCUT2D eigenvalue weighted by Gasteiger charge is -2.33. The Hall–Kier alpha value is -1.85. The number of nitrogens with zero attached hydrogens (tertiary/aromatic N) is 1. The number of amides is 1. The highest BCUT2D eigenvalue weighted by Gasteiger charge is 2.54. The number of benzene rings is 2. The fourth-order valence-corrected chi connectivity index (χ4v) is 6.71. The molecule has 28 heavy (non-hydrogen) atoms. The van der Waals surface area contributed by atoms with Crippen LogP contribution in [0.1, 0.15) is 42.4 Å². The molecule has 0 N–H and O–H groups in total. The normalized spacial score (nSPS) is 16.1. The molecule has 2 aromatic carbocycles. The first-order valence-electron chi connectivity index (χ1n) is 9.50. The Kier molecular flexibility index (Phi) is 5.87. The molecule has 0 bridgehead atoms. The molecule has 1 amide bonds. The van der Waals surface area contributed by atoms with Crippen molar-refractivity contribution in [3.63, 3.8) is 0 Å². The summed E-state index contributed by atoms with van der Waals surface area (Å²) in [7, 11) is -2.17. The minimum absolute atomic E-state index is 0.272. The van der Waals surface area contributed by atoms with Gasteiger partial charge in [0.2, 0.25) is 5.91 Å². The van der Waals surface area contributed by atoms with Gasteiger partial charge >= 0.3 is 0 Å². The molecular weight excluding hydrogens is 394 g/mol. The molecule has 4 nitrogen and oxygen atoms in total. The van der Waals surface area contributed by atoms with Gasteiger partial charge in [0.15, 0.2) is 14.6 Å². The van der Waals surface area contributed by atoms with Gasteiger partial charge in [-0.1, -0.05) is 54.8 Å². The van der Waals surface area contributed by atoms with Gasteiger partial charge in [0.05, 0.1) is 4.90 Å². The zero-order chi connectivity index (χ0) is 20.5. The van der Waals surface area contributed by atoms with Crippen LogP contribution in [0, 0.1) is 13.8 Å². The predicted octanol–water partition coefficient (Wildman–Crippen LogP) is 4.70. The van der Waals surface area contributed by atoms with Gasteiger partial charge in [-0.25, -0.2) is 8.42 Å². The first kappa shape index (κ1) is 20.9. The highest BCUT2D eigenvalue weighted by atomic mass is 35.5. The van der Waals surface area contributed by atoms with E-state index < -0.39 is 14.6 Å². The number of halogens is 1. The Morgan fingerprint density at radius 1 is 1.11 bits per heavy atom. The number of carbonyl (C=O) groups excluding carboxylic acids is 1. The first-order valence-corrected chi connectivity index (χ1v) is 11.4. The van der Waals surface area contributed by atoms with Crippen LogP contribution in [0.4, 0.5) is 0 Å². The van der Waals surface area contributed by atoms with E-state index in [1.54, 1.807) is 26.1 Å². The van der Waals surface area contributed by atoms with Crippen LogP contribution in [0.15, 0.2) is 47.4 Å². The molecule has 1 aliphatic carbocycles. The van der Waals surface area contributed by atoms with Crippen LogP contribution in [0.2, 0.25) is 5.02 Å².